The van der Waals surface area contributed by atoms with Crippen molar-refractivity contribution >= 4 is 23.7 Å². The number of carbonyl (C=O) groups is 2. The van der Waals surface area contributed by atoms with Gasteiger partial charge in [0.05, 0.1) is 11.3 Å². The van der Waals surface area contributed by atoms with Crippen molar-refractivity contribution in [2.45, 2.75) is 31.4 Å². The van der Waals surface area contributed by atoms with Crippen molar-refractivity contribution in [2.24, 2.45) is 5.16 Å². The minimum Gasteiger partial charge on any atom is -0.486 e. The van der Waals surface area contributed by atoms with Gasteiger partial charge >= 0.3 is 5.97 Å². The molecule has 1 amide bonds. The Kier molecular flexibility index (Phi) is 7.62. The van der Waals surface area contributed by atoms with Crippen molar-refractivity contribution in [3.05, 3.63) is 107 Å². The summed E-state index contributed by atoms with van der Waals surface area (Å²) in [6, 6.07) is 24.7. The van der Waals surface area contributed by atoms with Crippen LogP contribution in [0.3, 0.4) is 0 Å². The number of fused-ring (bicyclic) bond motifs is 1. The lowest BCUT2D eigenvalue weighted by atomic mass is 9.81. The van der Waals surface area contributed by atoms with E-state index in [9.17, 15) is 9.59 Å². The topological polar surface area (TPSA) is 100 Å². The highest BCUT2D eigenvalue weighted by molar-refractivity contribution is 6.05. The number of nitrogens with zero attached hydrogens (tertiary/aromatic N) is 2. The second-order valence-electron chi connectivity index (χ2n) is 9.57. The second kappa shape index (κ2) is 11.4. The predicted octanol–water partition coefficient (Wildman–Crippen LogP) is 4.58. The van der Waals surface area contributed by atoms with Gasteiger partial charge in [-0.25, -0.2) is 10.3 Å². The number of piperidine rings is 1. The molecule has 2 N–H and O–H groups in total. The molecule has 2 aliphatic rings. The average Bonchev–Trinajstić information content (AvgIpc) is 2.97. The molecule has 2 heterocycles. The van der Waals surface area contributed by atoms with Gasteiger partial charge in [-0.15, -0.1) is 0 Å². The van der Waals surface area contributed by atoms with Crippen LogP contribution in [0.4, 0.5) is 0 Å². The lowest BCUT2D eigenvalue weighted by Crippen LogP contribution is -2.50. The Bertz CT molecular complexity index is 1350. The third-order valence-electron chi connectivity index (χ3n) is 6.93. The molecular formula is C30H29N3O5. The Morgan fingerprint density at radius 3 is 2.45 bits per heavy atom. The minimum absolute atomic E-state index is 0.416. The number of hydrogen-bond acceptors (Lipinski definition) is 7. The number of carbonyl (C=O) groups excluding carboxylic acids is 2. The first-order valence-corrected chi connectivity index (χ1v) is 12.6. The maximum atomic E-state index is 12.6. The zero-order valence-electron chi connectivity index (χ0n) is 20.9. The van der Waals surface area contributed by atoms with E-state index in [1.54, 1.807) is 35.8 Å². The number of rotatable bonds is 6. The minimum atomic E-state index is -0.633. The van der Waals surface area contributed by atoms with Gasteiger partial charge in [0.1, 0.15) is 11.4 Å². The fourth-order valence-electron chi connectivity index (χ4n) is 4.89. The SMILES string of the molecule is O=C(/C=C/c1ccc2c(c1)/C(=N/OC(=O)c1ccccc1)CC1(CCN(Cc3ccccc3)CC1)O2)NO. The van der Waals surface area contributed by atoms with Gasteiger partial charge < -0.3 is 9.57 Å². The Hall–Kier alpha value is -4.27. The van der Waals surface area contributed by atoms with Crippen LogP contribution in [0.5, 0.6) is 5.75 Å². The summed E-state index contributed by atoms with van der Waals surface area (Å²) in [5.41, 5.74) is 4.86. The summed E-state index contributed by atoms with van der Waals surface area (Å²) in [5.74, 6) is -0.509. The van der Waals surface area contributed by atoms with E-state index in [0.29, 0.717) is 34.6 Å². The lowest BCUT2D eigenvalue weighted by molar-refractivity contribution is -0.124. The highest BCUT2D eigenvalue weighted by atomic mass is 16.7. The van der Waals surface area contributed by atoms with Crippen LogP contribution in [0.25, 0.3) is 6.08 Å². The maximum absolute atomic E-state index is 12.6. The number of amides is 1. The summed E-state index contributed by atoms with van der Waals surface area (Å²) >= 11 is 0. The molecule has 0 radical (unpaired) electrons. The first kappa shape index (κ1) is 25.4. The lowest BCUT2D eigenvalue weighted by Gasteiger charge is -2.44. The van der Waals surface area contributed by atoms with Crippen molar-refractivity contribution < 1.29 is 24.4 Å². The van der Waals surface area contributed by atoms with E-state index < -0.39 is 17.5 Å². The van der Waals surface area contributed by atoms with Gasteiger partial charge in [0, 0.05) is 50.5 Å². The molecule has 0 aliphatic carbocycles. The normalized spacial score (nSPS) is 17.7. The quantitative estimate of drug-likeness (QED) is 0.217. The second-order valence-corrected chi connectivity index (χ2v) is 9.57. The molecule has 1 saturated heterocycles. The van der Waals surface area contributed by atoms with E-state index >= 15 is 0 Å². The standard InChI is InChI=1S/C30H29N3O5/c34-28(31-36)14-12-22-11-13-27-25(19-22)26(32-38-29(35)24-9-5-2-6-10-24)20-30(37-27)15-17-33(18-16-30)21-23-7-3-1-4-8-23/h1-14,19,36H,15-18,20-21H2,(H,31,34)/b14-12+,32-26+. The molecule has 1 spiro atoms. The number of hydroxylamine groups is 1. The summed E-state index contributed by atoms with van der Waals surface area (Å²) in [4.78, 5) is 31.9. The van der Waals surface area contributed by atoms with Gasteiger partial charge in [-0.3, -0.25) is 14.9 Å². The molecule has 8 heteroatoms. The summed E-state index contributed by atoms with van der Waals surface area (Å²) in [6.45, 7) is 2.64. The molecule has 0 atom stereocenters. The Morgan fingerprint density at radius 1 is 1.03 bits per heavy atom. The van der Waals surface area contributed by atoms with E-state index in [2.05, 4.69) is 34.3 Å². The van der Waals surface area contributed by atoms with Crippen LogP contribution in [0, 0.1) is 0 Å². The summed E-state index contributed by atoms with van der Waals surface area (Å²) in [6.07, 6.45) is 4.91. The molecule has 0 saturated carbocycles. The van der Waals surface area contributed by atoms with Gasteiger partial charge in [0.15, 0.2) is 0 Å². The monoisotopic (exact) mass is 511 g/mol. The van der Waals surface area contributed by atoms with Crippen LogP contribution < -0.4 is 10.2 Å². The van der Waals surface area contributed by atoms with E-state index in [1.807, 2.05) is 30.3 Å². The highest BCUT2D eigenvalue weighted by Crippen LogP contribution is 2.40. The number of ether oxygens (including phenoxy) is 1. The number of hydrogen-bond donors (Lipinski definition) is 2. The molecule has 0 bridgehead atoms. The smallest absolute Gasteiger partial charge is 0.365 e. The molecule has 3 aromatic rings. The molecule has 8 nitrogen and oxygen atoms in total. The van der Waals surface area contributed by atoms with Crippen molar-refractivity contribution in [1.29, 1.82) is 0 Å². The van der Waals surface area contributed by atoms with E-state index in [1.165, 1.54) is 11.6 Å². The predicted molar refractivity (Wildman–Crippen MR) is 143 cm³/mol. The molecule has 2 aliphatic heterocycles. The molecular weight excluding hydrogens is 482 g/mol. The van der Waals surface area contributed by atoms with E-state index in [-0.39, 0.29) is 0 Å². The van der Waals surface area contributed by atoms with Crippen molar-refractivity contribution in [3.8, 4) is 5.75 Å². The Balaban J connectivity index is 1.38. The first-order valence-electron chi connectivity index (χ1n) is 12.6. The zero-order valence-corrected chi connectivity index (χ0v) is 20.9. The third-order valence-corrected chi connectivity index (χ3v) is 6.93. The molecule has 0 unspecified atom stereocenters. The van der Waals surface area contributed by atoms with Gasteiger partial charge in [-0.1, -0.05) is 59.8 Å². The van der Waals surface area contributed by atoms with Gasteiger partial charge in [-0.2, -0.15) is 0 Å². The van der Waals surface area contributed by atoms with Crippen molar-refractivity contribution in [2.75, 3.05) is 13.1 Å². The molecule has 194 valence electrons. The molecule has 3 aromatic carbocycles. The zero-order chi connectivity index (χ0) is 26.4. The largest absolute Gasteiger partial charge is 0.486 e. The van der Waals surface area contributed by atoms with Crippen LogP contribution in [-0.4, -0.2) is 46.4 Å². The van der Waals surface area contributed by atoms with Gasteiger partial charge in [0.2, 0.25) is 0 Å². The van der Waals surface area contributed by atoms with Gasteiger partial charge in [0.25, 0.3) is 5.91 Å². The Morgan fingerprint density at radius 2 is 1.74 bits per heavy atom. The van der Waals surface area contributed by atoms with Crippen LogP contribution in [-0.2, 0) is 16.2 Å². The van der Waals surface area contributed by atoms with Crippen LogP contribution >= 0.6 is 0 Å². The highest BCUT2D eigenvalue weighted by Gasteiger charge is 2.42. The number of benzene rings is 3. The molecule has 38 heavy (non-hydrogen) atoms. The summed E-state index contributed by atoms with van der Waals surface area (Å²) < 4.78 is 6.59. The van der Waals surface area contributed by atoms with Crippen LogP contribution in [0.15, 0.2) is 90.1 Å². The molecule has 1 fully saturated rings. The van der Waals surface area contributed by atoms with Crippen molar-refractivity contribution in [3.63, 3.8) is 0 Å². The van der Waals surface area contributed by atoms with Crippen LogP contribution in [0.1, 0.15) is 46.3 Å². The number of oxime groups is 1. The fourth-order valence-corrected chi connectivity index (χ4v) is 4.89. The van der Waals surface area contributed by atoms with Crippen molar-refractivity contribution in [1.82, 2.24) is 10.4 Å². The maximum Gasteiger partial charge on any atom is 0.365 e. The van der Waals surface area contributed by atoms with Gasteiger partial charge in [-0.05, 0) is 41.5 Å². The average molecular weight is 512 g/mol. The first-order chi connectivity index (χ1) is 18.5. The summed E-state index contributed by atoms with van der Waals surface area (Å²) in [7, 11) is 0. The van der Waals surface area contributed by atoms with E-state index in [4.69, 9.17) is 14.8 Å². The number of nitrogens with one attached hydrogen (secondary N) is 1. The fraction of sp³-hybridized carbons (Fsp3) is 0.233. The summed E-state index contributed by atoms with van der Waals surface area (Å²) in [5, 5.41) is 13.1. The van der Waals surface area contributed by atoms with E-state index in [0.717, 1.165) is 32.5 Å². The van der Waals surface area contributed by atoms with Crippen LogP contribution in [0.2, 0.25) is 0 Å². The molecule has 0 aromatic heterocycles. The number of likely N-dealkylation sites (tertiary alicyclic amines) is 1. The Labute approximate surface area is 221 Å². The molecule has 5 rings (SSSR count). The third kappa shape index (κ3) is 5.99.